The van der Waals surface area contributed by atoms with Gasteiger partial charge in [0.2, 0.25) is 0 Å². The van der Waals surface area contributed by atoms with Gasteiger partial charge in [-0.15, -0.1) is 15.8 Å². The van der Waals surface area contributed by atoms with Gasteiger partial charge in [-0.05, 0) is 24.3 Å². The maximum absolute atomic E-state index is 11.8. The van der Waals surface area contributed by atoms with Gasteiger partial charge in [0.1, 0.15) is 5.75 Å². The van der Waals surface area contributed by atoms with Crippen LogP contribution in [0.3, 0.4) is 0 Å². The van der Waals surface area contributed by atoms with Crippen LogP contribution in [-0.2, 0) is 32.8 Å². The summed E-state index contributed by atoms with van der Waals surface area (Å²) in [5.74, 6) is 0.647. The van der Waals surface area contributed by atoms with Gasteiger partial charge in [-0.25, -0.2) is 0 Å². The second kappa shape index (κ2) is 14.9. The minimum atomic E-state index is -4.13. The first-order valence-corrected chi connectivity index (χ1v) is 13.4. The molecule has 0 saturated carbocycles. The number of halogens is 2. The number of benzene rings is 2. The van der Waals surface area contributed by atoms with Crippen molar-refractivity contribution in [2.75, 3.05) is 0 Å². The third kappa shape index (κ3) is 11.0. The SMILES string of the molecule is O=S(=O)(/N=C/c1ccc(/C=N/SOOOc2ccccc2)[n-]1)Oc1ccccc1.[Cl][Fe+][Cl]. The Hall–Kier alpha value is -2.02. The first-order valence-electron chi connectivity index (χ1n) is 8.31. The molecule has 0 bridgehead atoms. The molecule has 9 nitrogen and oxygen atoms in total. The second-order valence-corrected chi connectivity index (χ2v) is 8.80. The van der Waals surface area contributed by atoms with Crippen molar-refractivity contribution in [2.24, 2.45) is 8.80 Å². The minimum absolute atomic E-state index is 0.170. The predicted molar refractivity (Wildman–Crippen MR) is 119 cm³/mol. The average Bonchev–Trinajstić information content (AvgIpc) is 3.24. The Bertz CT molecular complexity index is 1090. The van der Waals surface area contributed by atoms with Crippen LogP contribution in [0.4, 0.5) is 0 Å². The Morgan fingerprint density at radius 3 is 2.06 bits per heavy atom. The summed E-state index contributed by atoms with van der Waals surface area (Å²) in [6.07, 6.45) is 2.47. The van der Waals surface area contributed by atoms with E-state index in [2.05, 4.69) is 23.2 Å². The van der Waals surface area contributed by atoms with Crippen molar-refractivity contribution in [3.8, 4) is 11.5 Å². The van der Waals surface area contributed by atoms with Crippen LogP contribution in [0.5, 0.6) is 11.5 Å². The summed E-state index contributed by atoms with van der Waals surface area (Å²) < 4.78 is 40.5. The van der Waals surface area contributed by atoms with Crippen LogP contribution in [0.2, 0.25) is 0 Å². The molecule has 0 N–H and O–H groups in total. The van der Waals surface area contributed by atoms with E-state index in [0.717, 1.165) is 6.21 Å². The van der Waals surface area contributed by atoms with Crippen molar-refractivity contribution in [2.45, 2.75) is 0 Å². The molecule has 0 saturated heterocycles. The third-order valence-electron chi connectivity index (χ3n) is 3.10. The molecule has 0 unspecified atom stereocenters. The van der Waals surface area contributed by atoms with Gasteiger partial charge >= 0.3 is 43.6 Å². The van der Waals surface area contributed by atoms with E-state index < -0.39 is 10.3 Å². The monoisotopic (exact) mass is 558 g/mol. The van der Waals surface area contributed by atoms with Crippen molar-refractivity contribution in [3.63, 3.8) is 0 Å². The van der Waals surface area contributed by atoms with Gasteiger partial charge in [-0.3, -0.25) is 0 Å². The first-order chi connectivity index (χ1) is 15.5. The molecule has 0 amide bonds. The summed E-state index contributed by atoms with van der Waals surface area (Å²) in [5.41, 5.74) is 0.786. The Morgan fingerprint density at radius 2 is 1.44 bits per heavy atom. The molecular formula is C18H14Cl2FeN3O6S2. The van der Waals surface area contributed by atoms with Gasteiger partial charge in [0.15, 0.2) is 18.0 Å². The Kier molecular flexibility index (Phi) is 12.2. The van der Waals surface area contributed by atoms with Crippen molar-refractivity contribution in [1.82, 2.24) is 4.98 Å². The predicted octanol–water partition coefficient (Wildman–Crippen LogP) is 4.69. The molecule has 3 rings (SSSR count). The Morgan fingerprint density at radius 1 is 0.875 bits per heavy atom. The first kappa shape index (κ1) is 26.2. The van der Waals surface area contributed by atoms with E-state index in [-0.39, 0.29) is 18.9 Å². The number of para-hydroxylation sites is 2. The fourth-order valence-corrected chi connectivity index (χ4v) is 2.78. The molecule has 0 aliphatic rings. The van der Waals surface area contributed by atoms with Crippen molar-refractivity contribution in [3.05, 3.63) is 84.2 Å². The Labute approximate surface area is 203 Å². The summed E-state index contributed by atoms with van der Waals surface area (Å²) in [5, 5.41) is 4.51. The molecule has 0 radical (unpaired) electrons. The van der Waals surface area contributed by atoms with Crippen molar-refractivity contribution in [1.29, 1.82) is 0 Å². The van der Waals surface area contributed by atoms with E-state index in [4.69, 9.17) is 29.3 Å². The molecule has 0 fully saturated rings. The molecule has 0 atom stereocenters. The van der Waals surface area contributed by atoms with E-state index >= 15 is 0 Å². The molecule has 32 heavy (non-hydrogen) atoms. The number of rotatable bonds is 10. The van der Waals surface area contributed by atoms with E-state index in [1.165, 1.54) is 18.3 Å². The molecule has 3 aromatic rings. The molecule has 0 aliphatic heterocycles. The number of hydrogen-bond donors (Lipinski definition) is 0. The maximum atomic E-state index is 11.8. The quantitative estimate of drug-likeness (QED) is 0.0670. The fourth-order valence-electron chi connectivity index (χ4n) is 1.91. The van der Waals surface area contributed by atoms with E-state index in [9.17, 15) is 8.42 Å². The molecular weight excluding hydrogens is 545 g/mol. The number of hydrogen-bond acceptors (Lipinski definition) is 8. The van der Waals surface area contributed by atoms with E-state index in [0.29, 0.717) is 29.4 Å². The molecule has 0 spiro atoms. The van der Waals surface area contributed by atoms with Gasteiger partial charge in [0, 0.05) is 17.5 Å². The van der Waals surface area contributed by atoms with Crippen LogP contribution >= 0.6 is 32.4 Å². The van der Waals surface area contributed by atoms with Gasteiger partial charge in [0.05, 0.1) is 0 Å². The van der Waals surface area contributed by atoms with Crippen LogP contribution in [0, 0.1) is 0 Å². The van der Waals surface area contributed by atoms with Crippen LogP contribution in [0.25, 0.3) is 0 Å². The fraction of sp³-hybridized carbons (Fsp3) is 0. The topological polar surface area (TPSA) is 110 Å². The summed E-state index contributed by atoms with van der Waals surface area (Å²) in [4.78, 5) is 8.98. The zero-order chi connectivity index (χ0) is 23.1. The summed E-state index contributed by atoms with van der Waals surface area (Å²) in [6, 6.07) is 20.1. The number of aromatic nitrogens is 1. The average molecular weight is 559 g/mol. The summed E-state index contributed by atoms with van der Waals surface area (Å²) >= 11 is 0.823. The van der Waals surface area contributed by atoms with Crippen LogP contribution in [0.15, 0.2) is 81.6 Å². The summed E-state index contributed by atoms with van der Waals surface area (Å²) in [6.45, 7) is 0. The van der Waals surface area contributed by atoms with Crippen LogP contribution in [0.1, 0.15) is 11.4 Å². The Balaban J connectivity index is 0.00000114. The third-order valence-corrected chi connectivity index (χ3v) is 4.18. The van der Waals surface area contributed by atoms with Crippen LogP contribution in [-0.4, -0.2) is 20.8 Å². The molecule has 1 heterocycles. The van der Waals surface area contributed by atoms with Gasteiger partial charge in [0.25, 0.3) is 0 Å². The number of nitrogens with zero attached hydrogens (tertiary/aromatic N) is 3. The zero-order valence-corrected chi connectivity index (χ0v) is 20.0. The molecule has 1 aromatic heterocycles. The summed E-state index contributed by atoms with van der Waals surface area (Å²) in [7, 11) is 5.40. The van der Waals surface area contributed by atoms with Gasteiger partial charge in [-0.1, -0.05) is 52.9 Å². The van der Waals surface area contributed by atoms with E-state index in [1.54, 1.807) is 54.6 Å². The van der Waals surface area contributed by atoms with Crippen LogP contribution < -0.4 is 14.1 Å². The zero-order valence-electron chi connectivity index (χ0n) is 15.8. The standard InChI is InChI=1S/C18H14N3O6S2.2ClH.Fe/c22-29(23,25-18-9-5-2-6-10-18)20-14-16-12-11-15(21-16)13-19-28-27-26-24-17-7-3-1-4-8-17;;;/h1-14H;2*1H;/q-1;;;+3/p-2/b19-13+,20-14+;;;. The van der Waals surface area contributed by atoms with Crippen molar-refractivity contribution >= 4 is 55.2 Å². The normalized spacial score (nSPS) is 11.3. The van der Waals surface area contributed by atoms with Crippen molar-refractivity contribution < 1.29 is 40.0 Å². The van der Waals surface area contributed by atoms with Gasteiger partial charge < -0.3 is 14.1 Å². The molecule has 2 aromatic carbocycles. The molecule has 14 heteroatoms. The molecule has 171 valence electrons. The molecule has 0 aliphatic carbocycles. The second-order valence-electron chi connectivity index (χ2n) is 5.25. The van der Waals surface area contributed by atoms with Gasteiger partial charge in [-0.2, -0.15) is 12.8 Å². The van der Waals surface area contributed by atoms with E-state index in [1.807, 2.05) is 6.07 Å².